The summed E-state index contributed by atoms with van der Waals surface area (Å²) in [5.74, 6) is -2.34. The summed E-state index contributed by atoms with van der Waals surface area (Å²) in [6.45, 7) is 1.15. The molecular weight excluding hydrogens is 453 g/mol. The Kier molecular flexibility index (Phi) is 6.16. The molecule has 1 amide bonds. The van der Waals surface area contributed by atoms with Crippen LogP contribution in [0.5, 0.6) is 0 Å². The van der Waals surface area contributed by atoms with Crippen LogP contribution in [0.2, 0.25) is 0 Å². The van der Waals surface area contributed by atoms with E-state index in [1.807, 2.05) is 0 Å². The number of rotatable bonds is 4. The molecule has 0 aliphatic carbocycles. The summed E-state index contributed by atoms with van der Waals surface area (Å²) in [5, 5.41) is 0. The summed E-state index contributed by atoms with van der Waals surface area (Å²) >= 11 is 0. The van der Waals surface area contributed by atoms with Gasteiger partial charge >= 0.3 is 0 Å². The van der Waals surface area contributed by atoms with Crippen molar-refractivity contribution >= 4 is 21.4 Å². The highest BCUT2D eigenvalue weighted by Crippen LogP contribution is 2.30. The number of anilines is 1. The Morgan fingerprint density at radius 3 is 2.06 bits per heavy atom. The van der Waals surface area contributed by atoms with Gasteiger partial charge < -0.3 is 9.80 Å². The van der Waals surface area contributed by atoms with Gasteiger partial charge in [-0.3, -0.25) is 4.79 Å². The molecule has 0 aromatic heterocycles. The Balaban J connectivity index is 1.64. The first-order chi connectivity index (χ1) is 15.6. The molecule has 33 heavy (non-hydrogen) atoms. The zero-order chi connectivity index (χ0) is 23.8. The van der Waals surface area contributed by atoms with E-state index in [1.54, 1.807) is 11.0 Å². The molecule has 0 atom stereocenters. The summed E-state index contributed by atoms with van der Waals surface area (Å²) in [7, 11) is -3.60. The van der Waals surface area contributed by atoms with Crippen molar-refractivity contribution in [2.45, 2.75) is 4.90 Å². The Labute approximate surface area is 190 Å². The van der Waals surface area contributed by atoms with Crippen molar-refractivity contribution in [3.63, 3.8) is 0 Å². The van der Waals surface area contributed by atoms with Crippen LogP contribution in [0.25, 0.3) is 11.1 Å². The van der Waals surface area contributed by atoms with E-state index < -0.39 is 33.2 Å². The smallest absolute Gasteiger partial charge is 0.254 e. The van der Waals surface area contributed by atoms with Crippen LogP contribution in [0, 0.1) is 17.5 Å². The molecule has 0 unspecified atom stereocenters. The molecule has 9 heteroatoms. The van der Waals surface area contributed by atoms with Crippen molar-refractivity contribution in [2.75, 3.05) is 37.3 Å². The molecule has 3 aromatic carbocycles. The van der Waals surface area contributed by atoms with Crippen molar-refractivity contribution < 1.29 is 26.4 Å². The summed E-state index contributed by atoms with van der Waals surface area (Å²) in [6.07, 6.45) is 1.04. The van der Waals surface area contributed by atoms with Gasteiger partial charge in [-0.1, -0.05) is 24.3 Å². The highest BCUT2D eigenvalue weighted by Gasteiger charge is 2.26. The van der Waals surface area contributed by atoms with Gasteiger partial charge in [0.2, 0.25) is 0 Å². The normalized spacial score (nSPS) is 14.4. The van der Waals surface area contributed by atoms with E-state index in [2.05, 4.69) is 0 Å². The Morgan fingerprint density at radius 1 is 0.818 bits per heavy atom. The highest BCUT2D eigenvalue weighted by molar-refractivity contribution is 7.90. The average Bonchev–Trinajstić information content (AvgIpc) is 2.77. The molecule has 0 bridgehead atoms. The standard InChI is InChI=1S/C24H21F3N2O3S/c1-33(31,32)19-6-7-20(21-4-2-3-5-23(21)27)22(15-19)24(30)29-10-8-28(9-11-29)18-13-16(25)12-17(26)14-18/h2-7,12-15H,8-11H2,1H3. The van der Waals surface area contributed by atoms with Crippen LogP contribution < -0.4 is 4.90 Å². The van der Waals surface area contributed by atoms with Crippen LogP contribution in [0.3, 0.4) is 0 Å². The number of hydrogen-bond donors (Lipinski definition) is 0. The fourth-order valence-electron chi connectivity index (χ4n) is 3.91. The minimum Gasteiger partial charge on any atom is -0.368 e. The Morgan fingerprint density at radius 2 is 1.45 bits per heavy atom. The average molecular weight is 475 g/mol. The van der Waals surface area contributed by atoms with Crippen molar-refractivity contribution in [1.82, 2.24) is 4.90 Å². The van der Waals surface area contributed by atoms with Crippen LogP contribution in [-0.2, 0) is 9.84 Å². The van der Waals surface area contributed by atoms with Crippen LogP contribution in [0.15, 0.2) is 65.6 Å². The molecule has 172 valence electrons. The monoisotopic (exact) mass is 474 g/mol. The lowest BCUT2D eigenvalue weighted by Gasteiger charge is -2.36. The topological polar surface area (TPSA) is 57.7 Å². The van der Waals surface area contributed by atoms with E-state index in [-0.39, 0.29) is 29.1 Å². The summed E-state index contributed by atoms with van der Waals surface area (Å²) in [4.78, 5) is 16.7. The van der Waals surface area contributed by atoms with Crippen LogP contribution >= 0.6 is 0 Å². The van der Waals surface area contributed by atoms with Crippen molar-refractivity contribution in [1.29, 1.82) is 0 Å². The highest BCUT2D eigenvalue weighted by atomic mass is 32.2. The molecule has 1 aliphatic heterocycles. The summed E-state index contributed by atoms with van der Waals surface area (Å²) in [6, 6.07) is 13.3. The van der Waals surface area contributed by atoms with Crippen molar-refractivity contribution in [3.05, 3.63) is 83.7 Å². The van der Waals surface area contributed by atoms with Crippen LogP contribution in [0.1, 0.15) is 10.4 Å². The predicted molar refractivity (Wildman–Crippen MR) is 119 cm³/mol. The zero-order valence-corrected chi connectivity index (χ0v) is 18.6. The Hall–Kier alpha value is -3.33. The molecule has 3 aromatic rings. The predicted octanol–water partition coefficient (Wildman–Crippen LogP) is 4.14. The van der Waals surface area contributed by atoms with Gasteiger partial charge in [-0.05, 0) is 35.9 Å². The molecule has 1 fully saturated rings. The van der Waals surface area contributed by atoms with Crippen molar-refractivity contribution in [3.8, 4) is 11.1 Å². The lowest BCUT2D eigenvalue weighted by Crippen LogP contribution is -2.49. The number of piperazine rings is 1. The van der Waals surface area contributed by atoms with E-state index in [0.717, 1.165) is 12.3 Å². The molecule has 0 saturated carbocycles. The molecule has 1 heterocycles. The first-order valence-electron chi connectivity index (χ1n) is 10.2. The van der Waals surface area contributed by atoms with Gasteiger partial charge in [0.15, 0.2) is 9.84 Å². The molecule has 5 nitrogen and oxygen atoms in total. The summed E-state index contributed by atoms with van der Waals surface area (Å²) < 4.78 is 65.8. The van der Waals surface area contributed by atoms with Gasteiger partial charge in [0.25, 0.3) is 5.91 Å². The largest absolute Gasteiger partial charge is 0.368 e. The summed E-state index contributed by atoms with van der Waals surface area (Å²) in [5.41, 5.74) is 0.939. The molecule has 4 rings (SSSR count). The first kappa shape index (κ1) is 22.8. The van der Waals surface area contributed by atoms with Gasteiger partial charge in [-0.15, -0.1) is 0 Å². The maximum Gasteiger partial charge on any atom is 0.254 e. The van der Waals surface area contributed by atoms with Crippen LogP contribution in [0.4, 0.5) is 18.9 Å². The molecule has 0 N–H and O–H groups in total. The molecule has 1 aliphatic rings. The fraction of sp³-hybridized carbons (Fsp3) is 0.208. The maximum absolute atomic E-state index is 14.5. The third-order valence-corrected chi connectivity index (χ3v) is 6.70. The maximum atomic E-state index is 14.5. The van der Waals surface area contributed by atoms with Gasteiger partial charge in [0.1, 0.15) is 17.5 Å². The molecule has 0 spiro atoms. The zero-order valence-electron chi connectivity index (χ0n) is 17.8. The second-order valence-electron chi connectivity index (χ2n) is 7.87. The first-order valence-corrected chi connectivity index (χ1v) is 12.1. The van der Waals surface area contributed by atoms with Crippen molar-refractivity contribution in [2.24, 2.45) is 0 Å². The third-order valence-electron chi connectivity index (χ3n) is 5.59. The number of amides is 1. The lowest BCUT2D eigenvalue weighted by atomic mass is 9.98. The van der Waals surface area contributed by atoms with Gasteiger partial charge in [0, 0.05) is 55.3 Å². The lowest BCUT2D eigenvalue weighted by molar-refractivity contribution is 0.0747. The second-order valence-corrected chi connectivity index (χ2v) is 9.88. The third kappa shape index (κ3) is 4.88. The van der Waals surface area contributed by atoms with Gasteiger partial charge in [0.05, 0.1) is 4.90 Å². The van der Waals surface area contributed by atoms with Crippen LogP contribution in [-0.4, -0.2) is 51.7 Å². The minimum absolute atomic E-state index is 0.0418. The number of nitrogens with zero attached hydrogens (tertiary/aromatic N) is 2. The molecule has 1 saturated heterocycles. The number of sulfone groups is 1. The van der Waals surface area contributed by atoms with Gasteiger partial charge in [-0.25, -0.2) is 21.6 Å². The SMILES string of the molecule is CS(=O)(=O)c1ccc(-c2ccccc2F)c(C(=O)N2CCN(c3cc(F)cc(F)c3)CC2)c1. The quantitative estimate of drug-likeness (QED) is 0.571. The Bertz CT molecular complexity index is 1300. The number of carbonyl (C=O) groups excluding carboxylic acids is 1. The number of benzene rings is 3. The number of hydrogen-bond acceptors (Lipinski definition) is 4. The van der Waals surface area contributed by atoms with Gasteiger partial charge in [-0.2, -0.15) is 0 Å². The van der Waals surface area contributed by atoms with E-state index >= 15 is 0 Å². The second kappa shape index (κ2) is 8.90. The minimum atomic E-state index is -3.60. The number of carbonyl (C=O) groups is 1. The van der Waals surface area contributed by atoms with E-state index in [1.165, 1.54) is 53.4 Å². The molecule has 0 radical (unpaired) electrons. The van der Waals surface area contributed by atoms with E-state index in [0.29, 0.717) is 24.3 Å². The van der Waals surface area contributed by atoms with E-state index in [4.69, 9.17) is 0 Å². The van der Waals surface area contributed by atoms with E-state index in [9.17, 15) is 26.4 Å². The molecular formula is C24H21F3N2O3S. The fourth-order valence-corrected chi connectivity index (χ4v) is 4.55. The number of halogens is 3.